The van der Waals surface area contributed by atoms with Crippen LogP contribution < -0.4 is 0 Å². The standard InChI is InChI=1S/C35H36Cl2N2O3/c1-38(2)33(40)7-4-17-39-18-16-24(22-39)19-23-8-10-25(11-9-23)34-29-14-12-27(35(41)42)20-26(29)5-3-6-31(34)30-15-13-28(36)21-32(30)37/h4,7-15,20-21,24H,3,5-6,16-19,22H2,1-2H3,(H,41,42)/b7-4+. The predicted molar refractivity (Wildman–Crippen MR) is 171 cm³/mol. The molecule has 1 heterocycles. The lowest BCUT2D eigenvalue weighted by atomic mass is 9.86. The van der Waals surface area contributed by atoms with Crippen LogP contribution in [0.2, 0.25) is 10.0 Å². The number of fused-ring (bicyclic) bond motifs is 1. The molecule has 1 saturated heterocycles. The molecule has 5 nitrogen and oxygen atoms in total. The predicted octanol–water partition coefficient (Wildman–Crippen LogP) is 7.50. The van der Waals surface area contributed by atoms with E-state index in [1.807, 2.05) is 30.3 Å². The lowest BCUT2D eigenvalue weighted by Crippen LogP contribution is -2.22. The van der Waals surface area contributed by atoms with Gasteiger partial charge in [-0.1, -0.05) is 65.7 Å². The topological polar surface area (TPSA) is 60.9 Å². The van der Waals surface area contributed by atoms with Gasteiger partial charge in [-0.3, -0.25) is 9.69 Å². The van der Waals surface area contributed by atoms with Gasteiger partial charge in [-0.2, -0.15) is 0 Å². The Balaban J connectivity index is 1.41. The van der Waals surface area contributed by atoms with Crippen molar-refractivity contribution in [2.45, 2.75) is 32.1 Å². The molecule has 1 aliphatic carbocycles. The van der Waals surface area contributed by atoms with Crippen molar-refractivity contribution in [3.05, 3.63) is 116 Å². The summed E-state index contributed by atoms with van der Waals surface area (Å²) in [6.07, 6.45) is 8.27. The average molecular weight is 604 g/mol. The molecule has 1 unspecified atom stereocenters. The van der Waals surface area contributed by atoms with Crippen LogP contribution in [0.3, 0.4) is 0 Å². The zero-order valence-corrected chi connectivity index (χ0v) is 25.6. The molecule has 1 amide bonds. The molecule has 218 valence electrons. The van der Waals surface area contributed by atoms with Crippen molar-refractivity contribution in [1.82, 2.24) is 9.80 Å². The van der Waals surface area contributed by atoms with Crippen LogP contribution in [-0.4, -0.2) is 60.5 Å². The number of amides is 1. The van der Waals surface area contributed by atoms with E-state index in [0.29, 0.717) is 21.5 Å². The summed E-state index contributed by atoms with van der Waals surface area (Å²) in [6, 6.07) is 19.9. The number of allylic oxidation sites excluding steroid dienone is 1. The van der Waals surface area contributed by atoms with E-state index in [-0.39, 0.29) is 5.91 Å². The summed E-state index contributed by atoms with van der Waals surface area (Å²) in [5, 5.41) is 10.8. The van der Waals surface area contributed by atoms with Crippen LogP contribution in [0.5, 0.6) is 0 Å². The second-order valence-electron chi connectivity index (χ2n) is 11.5. The highest BCUT2D eigenvalue weighted by Crippen LogP contribution is 2.42. The lowest BCUT2D eigenvalue weighted by Gasteiger charge is -2.19. The fourth-order valence-electron chi connectivity index (χ4n) is 6.09. The van der Waals surface area contributed by atoms with Crippen LogP contribution >= 0.6 is 23.2 Å². The second-order valence-corrected chi connectivity index (χ2v) is 12.3. The van der Waals surface area contributed by atoms with Gasteiger partial charge in [-0.25, -0.2) is 4.79 Å². The molecule has 7 heteroatoms. The Morgan fingerprint density at radius 1 is 1.00 bits per heavy atom. The Morgan fingerprint density at radius 2 is 1.76 bits per heavy atom. The fraction of sp³-hybridized carbons (Fsp3) is 0.314. The number of halogens is 2. The number of rotatable bonds is 8. The summed E-state index contributed by atoms with van der Waals surface area (Å²) >= 11 is 13.0. The molecule has 1 atom stereocenters. The van der Waals surface area contributed by atoms with E-state index in [1.165, 1.54) is 5.56 Å². The maximum atomic E-state index is 11.8. The Bertz CT molecular complexity index is 1540. The van der Waals surface area contributed by atoms with Crippen molar-refractivity contribution in [2.24, 2.45) is 5.92 Å². The third-order valence-corrected chi connectivity index (χ3v) is 8.80. The van der Waals surface area contributed by atoms with Gasteiger partial charge in [-0.05, 0) is 108 Å². The van der Waals surface area contributed by atoms with Crippen molar-refractivity contribution in [2.75, 3.05) is 33.7 Å². The number of nitrogens with zero attached hydrogens (tertiary/aromatic N) is 2. The van der Waals surface area contributed by atoms with Gasteiger partial charge in [0.1, 0.15) is 0 Å². The van der Waals surface area contributed by atoms with Crippen LogP contribution in [-0.2, 0) is 17.6 Å². The number of likely N-dealkylation sites (N-methyl/N-ethyl adjacent to an activating group) is 1. The third-order valence-electron chi connectivity index (χ3n) is 8.25. The SMILES string of the molecule is CN(C)C(=O)/C=C/CN1CCC(Cc2ccc(C3=C(c4ccc(Cl)cc4Cl)CCCc4cc(C(=O)O)ccc43)cc2)C1. The van der Waals surface area contributed by atoms with Gasteiger partial charge in [0.15, 0.2) is 0 Å². The van der Waals surface area contributed by atoms with E-state index in [2.05, 4.69) is 29.2 Å². The molecule has 3 aromatic rings. The van der Waals surface area contributed by atoms with Crippen LogP contribution in [0, 0.1) is 5.92 Å². The van der Waals surface area contributed by atoms with E-state index in [1.54, 1.807) is 37.2 Å². The van der Waals surface area contributed by atoms with Crippen LogP contribution in [0.15, 0.2) is 72.8 Å². The minimum Gasteiger partial charge on any atom is -0.478 e. The van der Waals surface area contributed by atoms with E-state index in [0.717, 1.165) is 85.1 Å². The molecule has 1 aliphatic heterocycles. The van der Waals surface area contributed by atoms with Crippen molar-refractivity contribution >= 4 is 46.2 Å². The highest BCUT2D eigenvalue weighted by atomic mass is 35.5. The van der Waals surface area contributed by atoms with Crippen molar-refractivity contribution < 1.29 is 14.7 Å². The average Bonchev–Trinajstić information content (AvgIpc) is 3.31. The quantitative estimate of drug-likeness (QED) is 0.271. The highest BCUT2D eigenvalue weighted by molar-refractivity contribution is 6.36. The number of carboxylic acids is 1. The number of carboxylic acid groups (broad SMARTS) is 1. The zero-order chi connectivity index (χ0) is 29.8. The molecule has 1 fully saturated rings. The number of carbonyl (C=O) groups is 2. The van der Waals surface area contributed by atoms with Gasteiger partial charge in [0.2, 0.25) is 5.91 Å². The number of hydrogen-bond acceptors (Lipinski definition) is 3. The van der Waals surface area contributed by atoms with Gasteiger partial charge >= 0.3 is 5.97 Å². The molecular formula is C35H36Cl2N2O3. The molecule has 5 rings (SSSR count). The van der Waals surface area contributed by atoms with Gasteiger partial charge in [0.05, 0.1) is 5.56 Å². The first-order chi connectivity index (χ1) is 20.2. The first-order valence-corrected chi connectivity index (χ1v) is 15.2. The molecule has 0 saturated carbocycles. The van der Waals surface area contributed by atoms with Gasteiger partial charge in [0.25, 0.3) is 0 Å². The number of carbonyl (C=O) groups excluding carboxylic acids is 1. The summed E-state index contributed by atoms with van der Waals surface area (Å²) in [6.45, 7) is 2.85. The number of aromatic carboxylic acids is 1. The van der Waals surface area contributed by atoms with Crippen molar-refractivity contribution in [3.63, 3.8) is 0 Å². The summed E-state index contributed by atoms with van der Waals surface area (Å²) in [7, 11) is 3.52. The number of aryl methyl sites for hydroxylation is 1. The molecule has 42 heavy (non-hydrogen) atoms. The molecule has 0 aromatic heterocycles. The normalized spacial score (nSPS) is 17.4. The fourth-order valence-corrected chi connectivity index (χ4v) is 6.61. The Hall–Kier alpha value is -3.38. The number of benzene rings is 3. The molecule has 2 aliphatic rings. The van der Waals surface area contributed by atoms with Gasteiger partial charge in [0, 0.05) is 43.3 Å². The zero-order valence-electron chi connectivity index (χ0n) is 24.1. The van der Waals surface area contributed by atoms with E-state index >= 15 is 0 Å². The largest absolute Gasteiger partial charge is 0.478 e. The molecular weight excluding hydrogens is 567 g/mol. The smallest absolute Gasteiger partial charge is 0.335 e. The van der Waals surface area contributed by atoms with E-state index < -0.39 is 5.97 Å². The Labute approximate surface area is 258 Å². The summed E-state index contributed by atoms with van der Waals surface area (Å²) < 4.78 is 0. The Kier molecular flexibility index (Phi) is 9.52. The summed E-state index contributed by atoms with van der Waals surface area (Å²) in [5.41, 5.74) is 8.00. The number of hydrogen-bond donors (Lipinski definition) is 1. The third kappa shape index (κ3) is 6.97. The summed E-state index contributed by atoms with van der Waals surface area (Å²) in [5.74, 6) is -0.327. The number of likely N-dealkylation sites (tertiary alicyclic amines) is 1. The molecule has 0 bridgehead atoms. The first-order valence-electron chi connectivity index (χ1n) is 14.4. The van der Waals surface area contributed by atoms with E-state index in [4.69, 9.17) is 23.2 Å². The first kappa shape index (κ1) is 30.1. The van der Waals surface area contributed by atoms with Gasteiger partial charge < -0.3 is 10.0 Å². The van der Waals surface area contributed by atoms with Crippen LogP contribution in [0.4, 0.5) is 0 Å². The minimum atomic E-state index is -0.915. The van der Waals surface area contributed by atoms with E-state index in [9.17, 15) is 14.7 Å². The second kappa shape index (κ2) is 13.3. The monoisotopic (exact) mass is 602 g/mol. The molecule has 0 radical (unpaired) electrons. The van der Waals surface area contributed by atoms with Crippen molar-refractivity contribution in [3.8, 4) is 0 Å². The van der Waals surface area contributed by atoms with Crippen molar-refractivity contribution in [1.29, 1.82) is 0 Å². The minimum absolute atomic E-state index is 0.0149. The lowest BCUT2D eigenvalue weighted by molar-refractivity contribution is -0.123. The molecule has 3 aromatic carbocycles. The van der Waals surface area contributed by atoms with Crippen LogP contribution in [0.1, 0.15) is 57.4 Å². The maximum absolute atomic E-state index is 11.8. The Morgan fingerprint density at radius 3 is 2.48 bits per heavy atom. The van der Waals surface area contributed by atoms with Crippen LogP contribution in [0.25, 0.3) is 11.1 Å². The maximum Gasteiger partial charge on any atom is 0.335 e. The highest BCUT2D eigenvalue weighted by Gasteiger charge is 2.24. The molecule has 1 N–H and O–H groups in total. The summed E-state index contributed by atoms with van der Waals surface area (Å²) in [4.78, 5) is 27.5. The van der Waals surface area contributed by atoms with Gasteiger partial charge in [-0.15, -0.1) is 0 Å². The molecule has 0 spiro atoms.